The minimum absolute atomic E-state index is 0.179. The molecule has 0 bridgehead atoms. The molecule has 2 N–H and O–H groups in total. The SMILES string of the molecule is O=C(Nc1ccc(N2CCN(C(=O)C3CC3)CC2)c(C(=O)NCc2ccc(F)cc2)c1)c1ccc(Cl)cc1. The predicted molar refractivity (Wildman–Crippen MR) is 145 cm³/mol. The van der Waals surface area contributed by atoms with Crippen LogP contribution in [-0.4, -0.2) is 48.8 Å². The summed E-state index contributed by atoms with van der Waals surface area (Å²) in [6.07, 6.45) is 1.95. The van der Waals surface area contributed by atoms with Gasteiger partial charge < -0.3 is 20.4 Å². The molecule has 0 aromatic heterocycles. The third kappa shape index (κ3) is 6.14. The molecule has 0 spiro atoms. The number of halogens is 2. The van der Waals surface area contributed by atoms with Crippen LogP contribution >= 0.6 is 11.6 Å². The van der Waals surface area contributed by atoms with Gasteiger partial charge in [-0.3, -0.25) is 14.4 Å². The van der Waals surface area contributed by atoms with Crippen molar-refractivity contribution in [1.82, 2.24) is 10.2 Å². The highest BCUT2D eigenvalue weighted by atomic mass is 35.5. The number of hydrogen-bond donors (Lipinski definition) is 2. The molecule has 1 saturated heterocycles. The maximum atomic E-state index is 13.4. The van der Waals surface area contributed by atoms with Crippen LogP contribution in [0.1, 0.15) is 39.1 Å². The van der Waals surface area contributed by atoms with Gasteiger partial charge in [-0.05, 0) is 73.0 Å². The first-order valence-electron chi connectivity index (χ1n) is 12.6. The molecule has 38 heavy (non-hydrogen) atoms. The van der Waals surface area contributed by atoms with E-state index in [1.807, 2.05) is 11.0 Å². The molecule has 0 unspecified atom stereocenters. The lowest BCUT2D eigenvalue weighted by Crippen LogP contribution is -2.49. The largest absolute Gasteiger partial charge is 0.367 e. The second-order valence-corrected chi connectivity index (χ2v) is 10.0. The van der Waals surface area contributed by atoms with Crippen molar-refractivity contribution in [2.75, 3.05) is 36.4 Å². The van der Waals surface area contributed by atoms with Gasteiger partial charge in [0.05, 0.1) is 5.56 Å². The van der Waals surface area contributed by atoms with Crippen LogP contribution in [-0.2, 0) is 11.3 Å². The van der Waals surface area contributed by atoms with Crippen LogP contribution in [0.5, 0.6) is 0 Å². The minimum atomic E-state index is -0.342. The Hall–Kier alpha value is -3.91. The number of benzene rings is 3. The van der Waals surface area contributed by atoms with Gasteiger partial charge in [0.2, 0.25) is 5.91 Å². The third-order valence-electron chi connectivity index (χ3n) is 6.83. The zero-order valence-corrected chi connectivity index (χ0v) is 21.5. The smallest absolute Gasteiger partial charge is 0.255 e. The average molecular weight is 535 g/mol. The van der Waals surface area contributed by atoms with E-state index in [0.29, 0.717) is 48.0 Å². The summed E-state index contributed by atoms with van der Waals surface area (Å²) in [6.45, 7) is 2.63. The second kappa shape index (κ2) is 11.2. The number of carbonyl (C=O) groups excluding carboxylic acids is 3. The number of rotatable bonds is 7. The summed E-state index contributed by atoms with van der Waals surface area (Å²) in [6, 6.07) is 17.7. The van der Waals surface area contributed by atoms with Crippen molar-refractivity contribution >= 4 is 40.7 Å². The molecule has 1 aliphatic carbocycles. The van der Waals surface area contributed by atoms with E-state index < -0.39 is 0 Å². The lowest BCUT2D eigenvalue weighted by atomic mass is 10.1. The molecule has 9 heteroatoms. The Bertz CT molecular complexity index is 1330. The van der Waals surface area contributed by atoms with Crippen molar-refractivity contribution in [2.45, 2.75) is 19.4 Å². The number of nitrogens with zero attached hydrogens (tertiary/aromatic N) is 2. The van der Waals surface area contributed by atoms with Gasteiger partial charge in [-0.1, -0.05) is 23.7 Å². The molecule has 1 aliphatic heterocycles. The maximum absolute atomic E-state index is 13.4. The van der Waals surface area contributed by atoms with Crippen molar-refractivity contribution in [2.24, 2.45) is 5.92 Å². The predicted octanol–water partition coefficient (Wildman–Crippen LogP) is 4.72. The standard InChI is InChI=1S/C29H28ClFN4O3/c30-22-7-5-20(6-8-22)27(36)33-24-11-12-26(34-13-15-35(16-14-34)29(38)21-3-4-21)25(17-24)28(37)32-18-19-1-9-23(31)10-2-19/h1-2,5-12,17,21H,3-4,13-16,18H2,(H,32,37)(H,33,36). The van der Waals surface area contributed by atoms with E-state index >= 15 is 0 Å². The summed E-state index contributed by atoms with van der Waals surface area (Å²) in [4.78, 5) is 42.6. The highest BCUT2D eigenvalue weighted by molar-refractivity contribution is 6.30. The van der Waals surface area contributed by atoms with Crippen LogP contribution in [0.3, 0.4) is 0 Å². The summed E-state index contributed by atoms with van der Waals surface area (Å²) in [7, 11) is 0. The monoisotopic (exact) mass is 534 g/mol. The van der Waals surface area contributed by atoms with E-state index in [1.54, 1.807) is 48.5 Å². The molecular weight excluding hydrogens is 507 g/mol. The molecule has 3 amide bonds. The lowest BCUT2D eigenvalue weighted by Gasteiger charge is -2.37. The number of piperazine rings is 1. The van der Waals surface area contributed by atoms with Crippen LogP contribution in [0.25, 0.3) is 0 Å². The van der Waals surface area contributed by atoms with Crippen LogP contribution in [0, 0.1) is 11.7 Å². The third-order valence-corrected chi connectivity index (χ3v) is 7.08. The van der Waals surface area contributed by atoms with Crippen LogP contribution < -0.4 is 15.5 Å². The quantitative estimate of drug-likeness (QED) is 0.459. The maximum Gasteiger partial charge on any atom is 0.255 e. The van der Waals surface area contributed by atoms with E-state index in [1.165, 1.54) is 12.1 Å². The van der Waals surface area contributed by atoms with Gasteiger partial charge in [0.25, 0.3) is 11.8 Å². The minimum Gasteiger partial charge on any atom is -0.367 e. The fourth-order valence-electron chi connectivity index (χ4n) is 4.51. The highest BCUT2D eigenvalue weighted by Gasteiger charge is 2.35. The average Bonchev–Trinajstić information content (AvgIpc) is 3.78. The highest BCUT2D eigenvalue weighted by Crippen LogP contribution is 2.32. The summed E-state index contributed by atoms with van der Waals surface area (Å²) in [5, 5.41) is 6.28. The number of amides is 3. The van der Waals surface area contributed by atoms with E-state index in [-0.39, 0.29) is 36.0 Å². The van der Waals surface area contributed by atoms with Crippen LogP contribution in [0.15, 0.2) is 66.7 Å². The Balaban J connectivity index is 1.34. The molecule has 3 aromatic carbocycles. The van der Waals surface area contributed by atoms with Gasteiger partial charge in [0.15, 0.2) is 0 Å². The molecule has 5 rings (SSSR count). The van der Waals surface area contributed by atoms with E-state index in [2.05, 4.69) is 15.5 Å². The Morgan fingerprint density at radius 2 is 1.55 bits per heavy atom. The summed E-state index contributed by atoms with van der Waals surface area (Å²) in [5.74, 6) is -0.575. The topological polar surface area (TPSA) is 81.8 Å². The number of anilines is 2. The zero-order valence-electron chi connectivity index (χ0n) is 20.8. The van der Waals surface area contributed by atoms with Gasteiger partial charge in [0.1, 0.15) is 5.82 Å². The van der Waals surface area contributed by atoms with Crippen LogP contribution in [0.4, 0.5) is 15.8 Å². The Morgan fingerprint density at radius 1 is 0.868 bits per heavy atom. The van der Waals surface area contributed by atoms with Gasteiger partial charge >= 0.3 is 0 Å². The summed E-state index contributed by atoms with van der Waals surface area (Å²) < 4.78 is 13.3. The molecular formula is C29H28ClFN4O3. The molecule has 3 aromatic rings. The fraction of sp³-hybridized carbons (Fsp3) is 0.276. The summed E-state index contributed by atoms with van der Waals surface area (Å²) >= 11 is 5.93. The van der Waals surface area contributed by atoms with Crippen molar-refractivity contribution in [1.29, 1.82) is 0 Å². The Kier molecular flexibility index (Phi) is 7.60. The summed E-state index contributed by atoms with van der Waals surface area (Å²) in [5.41, 5.74) is 2.81. The van der Waals surface area contributed by atoms with Crippen LogP contribution in [0.2, 0.25) is 5.02 Å². The Morgan fingerprint density at radius 3 is 2.21 bits per heavy atom. The van der Waals surface area contributed by atoms with Gasteiger partial charge in [-0.15, -0.1) is 0 Å². The van der Waals surface area contributed by atoms with Crippen molar-refractivity contribution < 1.29 is 18.8 Å². The van der Waals surface area contributed by atoms with E-state index in [9.17, 15) is 18.8 Å². The molecule has 0 atom stereocenters. The fourth-order valence-corrected chi connectivity index (χ4v) is 4.64. The Labute approximate surface area is 225 Å². The number of nitrogens with one attached hydrogen (secondary N) is 2. The number of hydrogen-bond acceptors (Lipinski definition) is 4. The first-order chi connectivity index (χ1) is 18.4. The first kappa shape index (κ1) is 25.7. The lowest BCUT2D eigenvalue weighted by molar-refractivity contribution is -0.132. The molecule has 196 valence electrons. The molecule has 2 fully saturated rings. The van der Waals surface area contributed by atoms with E-state index in [4.69, 9.17) is 11.6 Å². The van der Waals surface area contributed by atoms with Crippen molar-refractivity contribution in [3.05, 3.63) is 94.3 Å². The molecule has 0 radical (unpaired) electrons. The second-order valence-electron chi connectivity index (χ2n) is 9.59. The molecule has 1 heterocycles. The van der Waals surface area contributed by atoms with E-state index in [0.717, 1.165) is 24.1 Å². The molecule has 1 saturated carbocycles. The van der Waals surface area contributed by atoms with Gasteiger partial charge in [-0.2, -0.15) is 0 Å². The molecule has 2 aliphatic rings. The number of carbonyl (C=O) groups is 3. The first-order valence-corrected chi connectivity index (χ1v) is 13.0. The van der Waals surface area contributed by atoms with Gasteiger partial charge in [-0.25, -0.2) is 4.39 Å². The van der Waals surface area contributed by atoms with Crippen molar-refractivity contribution in [3.8, 4) is 0 Å². The van der Waals surface area contributed by atoms with Gasteiger partial charge in [0, 0.05) is 60.6 Å². The molecule has 7 nitrogen and oxygen atoms in total. The van der Waals surface area contributed by atoms with Crippen molar-refractivity contribution in [3.63, 3.8) is 0 Å². The zero-order chi connectivity index (χ0) is 26.6. The normalized spacial score (nSPS) is 15.2.